The van der Waals surface area contributed by atoms with Gasteiger partial charge in [-0.1, -0.05) is 6.07 Å². The first kappa shape index (κ1) is 14.7. The zero-order chi connectivity index (χ0) is 14.6. The summed E-state index contributed by atoms with van der Waals surface area (Å²) in [4.78, 5) is 0. The van der Waals surface area contributed by atoms with Gasteiger partial charge in [-0.15, -0.1) is 0 Å². The van der Waals surface area contributed by atoms with E-state index in [1.165, 1.54) is 0 Å². The Bertz CT molecular complexity index is 563. The monoisotopic (exact) mass is 287 g/mol. The minimum absolute atomic E-state index is 0.0160. The quantitative estimate of drug-likeness (QED) is 0.758. The number of nitrogens with zero attached hydrogens (tertiary/aromatic N) is 1. The lowest BCUT2D eigenvalue weighted by Gasteiger charge is -2.09. The molecule has 1 aromatic heterocycles. The van der Waals surface area contributed by atoms with Gasteiger partial charge in [-0.2, -0.15) is 13.2 Å². The number of hydrogen-bond donors (Lipinski definition) is 0. The Hall–Kier alpha value is -1.69. The van der Waals surface area contributed by atoms with Crippen LogP contribution in [-0.4, -0.2) is 30.6 Å². The molecule has 0 atom stereocenters. The second-order valence-electron chi connectivity index (χ2n) is 4.30. The number of rotatable bonds is 6. The molecule has 1 aromatic carbocycles. The molecule has 0 bridgehead atoms. The molecule has 2 aromatic rings. The van der Waals surface area contributed by atoms with Gasteiger partial charge in [0.1, 0.15) is 12.4 Å². The van der Waals surface area contributed by atoms with Crippen LogP contribution in [0.15, 0.2) is 30.5 Å². The van der Waals surface area contributed by atoms with Crippen molar-refractivity contribution < 1.29 is 22.6 Å². The minimum Gasteiger partial charge on any atom is -0.493 e. The Morgan fingerprint density at radius 2 is 2.00 bits per heavy atom. The lowest BCUT2D eigenvalue weighted by molar-refractivity contribution is -0.174. The SMILES string of the molecule is CCOc1cccc2c1ccn2CCOCC(F)(F)F. The van der Waals surface area contributed by atoms with Gasteiger partial charge in [0.05, 0.1) is 18.7 Å². The maximum Gasteiger partial charge on any atom is 0.411 e. The predicted octanol–water partition coefficient (Wildman–Crippen LogP) is 3.62. The molecule has 0 radical (unpaired) electrons. The van der Waals surface area contributed by atoms with E-state index in [2.05, 4.69) is 4.74 Å². The molecule has 0 saturated heterocycles. The molecule has 20 heavy (non-hydrogen) atoms. The molecule has 0 amide bonds. The summed E-state index contributed by atoms with van der Waals surface area (Å²) in [5.41, 5.74) is 0.923. The van der Waals surface area contributed by atoms with Crippen LogP contribution < -0.4 is 4.74 Å². The highest BCUT2D eigenvalue weighted by Gasteiger charge is 2.27. The number of fused-ring (bicyclic) bond motifs is 1. The Morgan fingerprint density at radius 1 is 1.20 bits per heavy atom. The summed E-state index contributed by atoms with van der Waals surface area (Å²) in [5, 5.41) is 0.949. The summed E-state index contributed by atoms with van der Waals surface area (Å²) in [6.07, 6.45) is -2.45. The first-order valence-corrected chi connectivity index (χ1v) is 6.36. The fourth-order valence-electron chi connectivity index (χ4n) is 2.02. The number of halogens is 3. The van der Waals surface area contributed by atoms with E-state index in [9.17, 15) is 13.2 Å². The fraction of sp³-hybridized carbons (Fsp3) is 0.429. The third-order valence-corrected chi connectivity index (χ3v) is 2.82. The smallest absolute Gasteiger partial charge is 0.411 e. The number of alkyl halides is 3. The van der Waals surface area contributed by atoms with Crippen molar-refractivity contribution in [3.8, 4) is 5.75 Å². The summed E-state index contributed by atoms with van der Waals surface area (Å²) in [7, 11) is 0. The van der Waals surface area contributed by atoms with Gasteiger partial charge in [0, 0.05) is 18.1 Å². The summed E-state index contributed by atoms with van der Waals surface area (Å²) in [6.45, 7) is 1.65. The van der Waals surface area contributed by atoms with Crippen LogP contribution in [0, 0.1) is 0 Å². The highest BCUT2D eigenvalue weighted by atomic mass is 19.4. The lowest BCUT2D eigenvalue weighted by Crippen LogP contribution is -2.18. The van der Waals surface area contributed by atoms with E-state index >= 15 is 0 Å². The van der Waals surface area contributed by atoms with Crippen LogP contribution in [0.5, 0.6) is 5.75 Å². The first-order chi connectivity index (χ1) is 9.51. The molecule has 0 aliphatic carbocycles. The van der Waals surface area contributed by atoms with Gasteiger partial charge in [0.25, 0.3) is 0 Å². The Labute approximate surface area is 114 Å². The van der Waals surface area contributed by atoms with Gasteiger partial charge in [0.2, 0.25) is 0 Å². The summed E-state index contributed by atoms with van der Waals surface area (Å²) in [5.74, 6) is 0.778. The fourth-order valence-corrected chi connectivity index (χ4v) is 2.02. The highest BCUT2D eigenvalue weighted by molar-refractivity contribution is 5.86. The van der Waals surface area contributed by atoms with Gasteiger partial charge in [-0.3, -0.25) is 0 Å². The molecule has 0 aliphatic rings. The van der Waals surface area contributed by atoms with Crippen molar-refractivity contribution in [1.29, 1.82) is 0 Å². The van der Waals surface area contributed by atoms with Crippen molar-refractivity contribution in [3.63, 3.8) is 0 Å². The van der Waals surface area contributed by atoms with E-state index in [4.69, 9.17) is 4.74 Å². The third kappa shape index (κ3) is 3.66. The molecule has 0 unspecified atom stereocenters. The van der Waals surface area contributed by atoms with Crippen LogP contribution in [0.3, 0.4) is 0 Å². The number of ether oxygens (including phenoxy) is 2. The molecule has 1 heterocycles. The maximum absolute atomic E-state index is 12.0. The van der Waals surface area contributed by atoms with Gasteiger partial charge in [0.15, 0.2) is 0 Å². The second kappa shape index (κ2) is 6.17. The van der Waals surface area contributed by atoms with Crippen molar-refractivity contribution in [3.05, 3.63) is 30.5 Å². The third-order valence-electron chi connectivity index (χ3n) is 2.82. The van der Waals surface area contributed by atoms with Crippen LogP contribution in [0.4, 0.5) is 13.2 Å². The van der Waals surface area contributed by atoms with Crippen LogP contribution in [-0.2, 0) is 11.3 Å². The van der Waals surface area contributed by atoms with E-state index in [0.29, 0.717) is 13.2 Å². The summed E-state index contributed by atoms with van der Waals surface area (Å²) in [6, 6.07) is 7.53. The molecular formula is C14H16F3NO2. The molecular weight excluding hydrogens is 271 g/mol. The Morgan fingerprint density at radius 3 is 2.70 bits per heavy atom. The van der Waals surface area contributed by atoms with Gasteiger partial charge < -0.3 is 14.0 Å². The number of hydrogen-bond acceptors (Lipinski definition) is 2. The van der Waals surface area contributed by atoms with Crippen molar-refractivity contribution in [2.45, 2.75) is 19.6 Å². The van der Waals surface area contributed by atoms with E-state index in [-0.39, 0.29) is 6.61 Å². The second-order valence-corrected chi connectivity index (χ2v) is 4.30. The van der Waals surface area contributed by atoms with E-state index in [1.807, 2.05) is 42.0 Å². The van der Waals surface area contributed by atoms with Crippen LogP contribution in [0.25, 0.3) is 10.9 Å². The minimum atomic E-state index is -4.28. The Balaban J connectivity index is 2.02. The van der Waals surface area contributed by atoms with Crippen LogP contribution in [0.2, 0.25) is 0 Å². The molecule has 0 fully saturated rings. The molecule has 0 spiro atoms. The largest absolute Gasteiger partial charge is 0.493 e. The zero-order valence-electron chi connectivity index (χ0n) is 11.1. The average Bonchev–Trinajstić information content (AvgIpc) is 2.78. The normalized spacial score (nSPS) is 12.0. The topological polar surface area (TPSA) is 23.4 Å². The Kier molecular flexibility index (Phi) is 4.54. The molecule has 2 rings (SSSR count). The lowest BCUT2D eigenvalue weighted by atomic mass is 10.2. The van der Waals surface area contributed by atoms with E-state index < -0.39 is 12.8 Å². The number of benzene rings is 1. The molecule has 110 valence electrons. The number of aromatic nitrogens is 1. The summed E-state index contributed by atoms with van der Waals surface area (Å²) < 4.78 is 47.9. The van der Waals surface area contributed by atoms with Gasteiger partial charge >= 0.3 is 6.18 Å². The molecule has 0 saturated carbocycles. The standard InChI is InChI=1S/C14H16F3NO2/c1-2-20-13-5-3-4-12-11(13)6-7-18(12)8-9-19-10-14(15,16)17/h3-7H,2,8-10H2,1H3. The van der Waals surface area contributed by atoms with E-state index in [1.54, 1.807) is 0 Å². The van der Waals surface area contributed by atoms with Crippen molar-refractivity contribution >= 4 is 10.9 Å². The maximum atomic E-state index is 12.0. The van der Waals surface area contributed by atoms with Crippen LogP contribution in [0.1, 0.15) is 6.92 Å². The van der Waals surface area contributed by atoms with Crippen molar-refractivity contribution in [2.24, 2.45) is 0 Å². The molecule has 3 nitrogen and oxygen atoms in total. The highest BCUT2D eigenvalue weighted by Crippen LogP contribution is 2.26. The average molecular weight is 287 g/mol. The molecule has 0 N–H and O–H groups in total. The van der Waals surface area contributed by atoms with Gasteiger partial charge in [-0.05, 0) is 25.1 Å². The zero-order valence-corrected chi connectivity index (χ0v) is 11.1. The predicted molar refractivity (Wildman–Crippen MR) is 70.0 cm³/mol. The van der Waals surface area contributed by atoms with E-state index in [0.717, 1.165) is 16.7 Å². The van der Waals surface area contributed by atoms with Crippen molar-refractivity contribution in [2.75, 3.05) is 19.8 Å². The van der Waals surface area contributed by atoms with Crippen molar-refractivity contribution in [1.82, 2.24) is 4.57 Å². The summed E-state index contributed by atoms with van der Waals surface area (Å²) >= 11 is 0. The first-order valence-electron chi connectivity index (χ1n) is 6.36. The van der Waals surface area contributed by atoms with Crippen LogP contribution >= 0.6 is 0 Å². The van der Waals surface area contributed by atoms with Gasteiger partial charge in [-0.25, -0.2) is 0 Å². The molecule has 0 aliphatic heterocycles. The molecule has 6 heteroatoms.